The van der Waals surface area contributed by atoms with Gasteiger partial charge in [0.2, 0.25) is 17.5 Å². The Morgan fingerprint density at radius 2 is 2.00 bits per heavy atom. The van der Waals surface area contributed by atoms with Gasteiger partial charge in [-0.05, 0) is 13.8 Å². The first kappa shape index (κ1) is 9.50. The molecule has 0 amide bonds. The summed E-state index contributed by atoms with van der Waals surface area (Å²) in [5.41, 5.74) is 11.6. The van der Waals surface area contributed by atoms with Gasteiger partial charge in [0, 0.05) is 13.1 Å². The van der Waals surface area contributed by atoms with Crippen molar-refractivity contribution in [2.75, 3.05) is 18.0 Å². The maximum atomic E-state index is 5.63. The van der Waals surface area contributed by atoms with E-state index < -0.39 is 0 Å². The van der Waals surface area contributed by atoms with Gasteiger partial charge in [0.1, 0.15) is 0 Å². The third-order valence-corrected chi connectivity index (χ3v) is 1.58. The highest BCUT2D eigenvalue weighted by molar-refractivity contribution is 5.24. The normalized spacial score (nSPS) is 12.0. The van der Waals surface area contributed by atoms with Gasteiger partial charge in [0.05, 0.1) is 0 Å². The molecule has 0 aromatic carbocycles. The first-order valence-electron chi connectivity index (χ1n) is 4.19. The van der Waals surface area contributed by atoms with E-state index in [4.69, 9.17) is 11.5 Å². The number of anilines is 2. The minimum atomic E-state index is 0.161. The molecule has 0 radical (unpaired) electrons. The maximum Gasteiger partial charge on any atom is 0.230 e. The molecule has 6 heteroatoms. The predicted molar refractivity (Wildman–Crippen MR) is 50.6 cm³/mol. The Hall–Kier alpha value is -1.59. The van der Waals surface area contributed by atoms with Crippen LogP contribution in [0.1, 0.15) is 13.8 Å². The lowest BCUT2D eigenvalue weighted by atomic mass is 10.6. The van der Waals surface area contributed by atoms with Gasteiger partial charge in [-0.2, -0.15) is 9.97 Å². The van der Waals surface area contributed by atoms with Crippen LogP contribution in [-0.2, 0) is 6.54 Å². The van der Waals surface area contributed by atoms with Crippen molar-refractivity contribution in [1.82, 2.24) is 14.5 Å². The van der Waals surface area contributed by atoms with Crippen LogP contribution in [0.3, 0.4) is 0 Å². The zero-order chi connectivity index (χ0) is 9.84. The third kappa shape index (κ3) is 1.95. The van der Waals surface area contributed by atoms with Crippen LogP contribution in [0.5, 0.6) is 0 Å². The SMILES string of the molecule is CCN=c1nc(N)nc(N)n1CC. The minimum absolute atomic E-state index is 0.161. The van der Waals surface area contributed by atoms with Gasteiger partial charge < -0.3 is 11.5 Å². The van der Waals surface area contributed by atoms with Gasteiger partial charge in [0.25, 0.3) is 0 Å². The van der Waals surface area contributed by atoms with E-state index in [2.05, 4.69) is 15.0 Å². The molecule has 0 atom stereocenters. The number of hydrogen-bond acceptors (Lipinski definition) is 5. The molecule has 72 valence electrons. The zero-order valence-corrected chi connectivity index (χ0v) is 7.86. The van der Waals surface area contributed by atoms with Crippen molar-refractivity contribution in [3.63, 3.8) is 0 Å². The lowest BCUT2D eigenvalue weighted by Crippen LogP contribution is -2.29. The second-order valence-corrected chi connectivity index (χ2v) is 2.46. The number of nitrogens with zero attached hydrogens (tertiary/aromatic N) is 4. The number of hydrogen-bond donors (Lipinski definition) is 2. The van der Waals surface area contributed by atoms with Crippen molar-refractivity contribution in [2.24, 2.45) is 4.99 Å². The van der Waals surface area contributed by atoms with E-state index in [-0.39, 0.29) is 5.95 Å². The lowest BCUT2D eigenvalue weighted by Gasteiger charge is -2.06. The smallest absolute Gasteiger partial charge is 0.230 e. The molecule has 1 heterocycles. The molecule has 0 aliphatic rings. The molecule has 1 aromatic heterocycles. The Balaban J connectivity index is 3.39. The van der Waals surface area contributed by atoms with Crippen molar-refractivity contribution in [2.45, 2.75) is 20.4 Å². The summed E-state index contributed by atoms with van der Waals surface area (Å²) in [4.78, 5) is 12.0. The van der Waals surface area contributed by atoms with Crippen LogP contribution < -0.4 is 17.1 Å². The summed E-state index contributed by atoms with van der Waals surface area (Å²) in [6, 6.07) is 0. The summed E-state index contributed by atoms with van der Waals surface area (Å²) in [5, 5.41) is 0. The Morgan fingerprint density at radius 1 is 1.31 bits per heavy atom. The second-order valence-electron chi connectivity index (χ2n) is 2.46. The molecule has 0 fully saturated rings. The van der Waals surface area contributed by atoms with Crippen LogP contribution in [0.4, 0.5) is 11.9 Å². The molecular weight excluding hydrogens is 168 g/mol. The van der Waals surface area contributed by atoms with Gasteiger partial charge in [-0.25, -0.2) is 0 Å². The zero-order valence-electron chi connectivity index (χ0n) is 7.86. The van der Waals surface area contributed by atoms with E-state index in [0.29, 0.717) is 24.7 Å². The third-order valence-electron chi connectivity index (χ3n) is 1.58. The van der Waals surface area contributed by atoms with Crippen molar-refractivity contribution in [3.8, 4) is 0 Å². The standard InChI is InChI=1S/C7H14N6/c1-3-10-7-12-5(8)11-6(9)13(7)4-2/h3-4H2,1-2H3,(H4,8,9,10,11,12). The van der Waals surface area contributed by atoms with Crippen LogP contribution in [0, 0.1) is 0 Å². The molecule has 0 saturated heterocycles. The van der Waals surface area contributed by atoms with E-state index in [0.717, 1.165) is 0 Å². The highest BCUT2D eigenvalue weighted by atomic mass is 15.2. The molecule has 1 rings (SSSR count). The monoisotopic (exact) mass is 182 g/mol. The van der Waals surface area contributed by atoms with Gasteiger partial charge in [-0.3, -0.25) is 9.56 Å². The van der Waals surface area contributed by atoms with Crippen molar-refractivity contribution >= 4 is 11.9 Å². The van der Waals surface area contributed by atoms with E-state index in [1.807, 2.05) is 13.8 Å². The molecule has 0 bridgehead atoms. The average molecular weight is 182 g/mol. The van der Waals surface area contributed by atoms with Crippen molar-refractivity contribution in [1.29, 1.82) is 0 Å². The summed E-state index contributed by atoms with van der Waals surface area (Å²) < 4.78 is 1.71. The van der Waals surface area contributed by atoms with Gasteiger partial charge in [-0.1, -0.05) is 0 Å². The Labute approximate surface area is 76.3 Å². The largest absolute Gasteiger partial charge is 0.369 e. The van der Waals surface area contributed by atoms with E-state index in [9.17, 15) is 0 Å². The fourth-order valence-corrected chi connectivity index (χ4v) is 1.03. The fourth-order valence-electron chi connectivity index (χ4n) is 1.03. The Kier molecular flexibility index (Phi) is 2.84. The van der Waals surface area contributed by atoms with Gasteiger partial charge in [-0.15, -0.1) is 0 Å². The quantitative estimate of drug-likeness (QED) is 0.637. The highest BCUT2D eigenvalue weighted by Gasteiger charge is 2.00. The Morgan fingerprint density at radius 3 is 2.54 bits per heavy atom. The first-order chi connectivity index (χ1) is 6.19. The molecule has 13 heavy (non-hydrogen) atoms. The molecule has 0 unspecified atom stereocenters. The van der Waals surface area contributed by atoms with Crippen LogP contribution >= 0.6 is 0 Å². The molecule has 0 aliphatic carbocycles. The molecule has 6 nitrogen and oxygen atoms in total. The molecule has 0 saturated carbocycles. The van der Waals surface area contributed by atoms with Gasteiger partial charge >= 0.3 is 0 Å². The fraction of sp³-hybridized carbons (Fsp3) is 0.571. The summed E-state index contributed by atoms with van der Waals surface area (Å²) in [6.07, 6.45) is 0. The summed E-state index contributed by atoms with van der Waals surface area (Å²) >= 11 is 0. The lowest BCUT2D eigenvalue weighted by molar-refractivity contribution is 0.666. The molecule has 4 N–H and O–H groups in total. The molecule has 0 spiro atoms. The summed E-state index contributed by atoms with van der Waals surface area (Å²) in [5.74, 6) is 0.511. The Bertz CT molecular complexity index is 352. The number of aromatic nitrogens is 3. The van der Waals surface area contributed by atoms with Crippen molar-refractivity contribution in [3.05, 3.63) is 5.62 Å². The van der Waals surface area contributed by atoms with Gasteiger partial charge in [0.15, 0.2) is 0 Å². The van der Waals surface area contributed by atoms with E-state index >= 15 is 0 Å². The number of rotatable bonds is 2. The molecule has 1 aromatic rings. The topological polar surface area (TPSA) is 95.1 Å². The predicted octanol–water partition coefficient (Wildman–Crippen LogP) is -0.617. The first-order valence-corrected chi connectivity index (χ1v) is 4.19. The van der Waals surface area contributed by atoms with Crippen LogP contribution in [0.15, 0.2) is 4.99 Å². The summed E-state index contributed by atoms with van der Waals surface area (Å²) in [7, 11) is 0. The molecule has 0 aliphatic heterocycles. The van der Waals surface area contributed by atoms with Crippen LogP contribution in [-0.4, -0.2) is 21.1 Å². The van der Waals surface area contributed by atoms with E-state index in [1.54, 1.807) is 4.57 Å². The van der Waals surface area contributed by atoms with Crippen molar-refractivity contribution < 1.29 is 0 Å². The molecular formula is C7H14N6. The van der Waals surface area contributed by atoms with E-state index in [1.165, 1.54) is 0 Å². The highest BCUT2D eigenvalue weighted by Crippen LogP contribution is 1.94. The summed E-state index contributed by atoms with van der Waals surface area (Å²) in [6.45, 7) is 5.21. The number of nitrogen functional groups attached to an aromatic ring is 2. The van der Waals surface area contributed by atoms with Crippen LogP contribution in [0.25, 0.3) is 0 Å². The average Bonchev–Trinajstić information content (AvgIpc) is 2.04. The maximum absolute atomic E-state index is 5.63. The van der Waals surface area contributed by atoms with Crippen LogP contribution in [0.2, 0.25) is 0 Å². The number of nitrogens with two attached hydrogens (primary N) is 2. The second kappa shape index (κ2) is 3.88. The minimum Gasteiger partial charge on any atom is -0.369 e.